The quantitative estimate of drug-likeness (QED) is 0.873. The maximum absolute atomic E-state index is 12.2. The Bertz CT molecular complexity index is 728. The fraction of sp³-hybridized carbons (Fsp3) is 0.176. The summed E-state index contributed by atoms with van der Waals surface area (Å²) in [5, 5.41) is 12.2. The summed E-state index contributed by atoms with van der Waals surface area (Å²) in [6.45, 7) is 3.29. The molecule has 0 aliphatic carbocycles. The standard InChI is InChI=1S/C17H16ClNO4/c1-10-9-13(18)5-8-15(10)19-16(20)12-3-6-14(7-4-12)23-11(2)17(21)22/h3-9,11H,1-2H3,(H,19,20)(H,21,22)/t11-/m0/s1. The third kappa shape index (κ3) is 4.47. The Hall–Kier alpha value is -2.53. The van der Waals surface area contributed by atoms with Gasteiger partial charge in [0.2, 0.25) is 0 Å². The molecule has 2 rings (SSSR count). The van der Waals surface area contributed by atoms with Gasteiger partial charge >= 0.3 is 5.97 Å². The van der Waals surface area contributed by atoms with E-state index in [9.17, 15) is 9.59 Å². The molecule has 0 saturated heterocycles. The number of aryl methyl sites for hydroxylation is 1. The maximum atomic E-state index is 12.2. The van der Waals surface area contributed by atoms with Crippen molar-refractivity contribution < 1.29 is 19.4 Å². The third-order valence-electron chi connectivity index (χ3n) is 3.21. The Morgan fingerprint density at radius 3 is 2.39 bits per heavy atom. The topological polar surface area (TPSA) is 75.6 Å². The van der Waals surface area contributed by atoms with Crippen LogP contribution in [0.2, 0.25) is 5.02 Å². The smallest absolute Gasteiger partial charge is 0.344 e. The van der Waals surface area contributed by atoms with Crippen molar-refractivity contribution in [2.45, 2.75) is 20.0 Å². The van der Waals surface area contributed by atoms with Gasteiger partial charge in [0, 0.05) is 16.3 Å². The zero-order valence-corrected chi connectivity index (χ0v) is 13.4. The highest BCUT2D eigenvalue weighted by Gasteiger charge is 2.13. The fourth-order valence-corrected chi connectivity index (χ4v) is 2.13. The van der Waals surface area contributed by atoms with E-state index >= 15 is 0 Å². The van der Waals surface area contributed by atoms with Crippen LogP contribution >= 0.6 is 11.6 Å². The van der Waals surface area contributed by atoms with Gasteiger partial charge in [-0.1, -0.05) is 11.6 Å². The van der Waals surface area contributed by atoms with Crippen molar-refractivity contribution in [2.24, 2.45) is 0 Å². The summed E-state index contributed by atoms with van der Waals surface area (Å²) in [5.41, 5.74) is 1.98. The number of nitrogens with one attached hydrogen (secondary N) is 1. The van der Waals surface area contributed by atoms with E-state index in [-0.39, 0.29) is 5.91 Å². The number of hydrogen-bond acceptors (Lipinski definition) is 3. The van der Waals surface area contributed by atoms with Crippen LogP contribution < -0.4 is 10.1 Å². The van der Waals surface area contributed by atoms with Gasteiger partial charge in [0.1, 0.15) is 5.75 Å². The van der Waals surface area contributed by atoms with Crippen LogP contribution in [0.4, 0.5) is 5.69 Å². The van der Waals surface area contributed by atoms with E-state index in [0.29, 0.717) is 22.0 Å². The number of benzene rings is 2. The predicted molar refractivity (Wildman–Crippen MR) is 88.3 cm³/mol. The minimum Gasteiger partial charge on any atom is -0.479 e. The molecule has 6 heteroatoms. The number of ether oxygens (including phenoxy) is 1. The zero-order valence-electron chi connectivity index (χ0n) is 12.7. The van der Waals surface area contributed by atoms with Gasteiger partial charge in [0.25, 0.3) is 5.91 Å². The minimum atomic E-state index is -1.05. The molecule has 23 heavy (non-hydrogen) atoms. The van der Waals surface area contributed by atoms with Gasteiger partial charge < -0.3 is 15.2 Å². The first kappa shape index (κ1) is 16.8. The van der Waals surface area contributed by atoms with E-state index < -0.39 is 12.1 Å². The summed E-state index contributed by atoms with van der Waals surface area (Å²) in [6, 6.07) is 11.5. The lowest BCUT2D eigenvalue weighted by molar-refractivity contribution is -0.144. The van der Waals surface area contributed by atoms with Crippen LogP contribution in [0.1, 0.15) is 22.8 Å². The molecule has 0 saturated carbocycles. The first-order valence-electron chi connectivity index (χ1n) is 6.94. The number of aliphatic carboxylic acids is 1. The number of anilines is 1. The maximum Gasteiger partial charge on any atom is 0.344 e. The number of halogens is 1. The van der Waals surface area contributed by atoms with Crippen LogP contribution in [-0.4, -0.2) is 23.1 Å². The van der Waals surface area contributed by atoms with Crippen molar-refractivity contribution in [3.63, 3.8) is 0 Å². The van der Waals surface area contributed by atoms with Crippen molar-refractivity contribution in [1.82, 2.24) is 0 Å². The summed E-state index contributed by atoms with van der Waals surface area (Å²) >= 11 is 5.88. The lowest BCUT2D eigenvalue weighted by atomic mass is 10.1. The summed E-state index contributed by atoms with van der Waals surface area (Å²) in [7, 11) is 0. The summed E-state index contributed by atoms with van der Waals surface area (Å²) < 4.78 is 5.22. The molecule has 120 valence electrons. The molecule has 0 unspecified atom stereocenters. The van der Waals surface area contributed by atoms with Crippen LogP contribution in [0.25, 0.3) is 0 Å². The molecule has 0 aliphatic heterocycles. The molecule has 1 amide bonds. The molecule has 0 spiro atoms. The second-order valence-corrected chi connectivity index (χ2v) is 5.47. The van der Waals surface area contributed by atoms with Gasteiger partial charge in [0.05, 0.1) is 0 Å². The van der Waals surface area contributed by atoms with Gasteiger partial charge in [0.15, 0.2) is 6.10 Å². The number of carboxylic acids is 1. The van der Waals surface area contributed by atoms with Crippen molar-refractivity contribution >= 4 is 29.2 Å². The largest absolute Gasteiger partial charge is 0.479 e. The lowest BCUT2D eigenvalue weighted by Gasteiger charge is -2.11. The van der Waals surface area contributed by atoms with E-state index in [4.69, 9.17) is 21.4 Å². The number of carbonyl (C=O) groups excluding carboxylic acids is 1. The Kier molecular flexibility index (Phi) is 5.24. The van der Waals surface area contributed by atoms with Crippen molar-refractivity contribution in [1.29, 1.82) is 0 Å². The number of carbonyl (C=O) groups is 2. The molecule has 5 nitrogen and oxygen atoms in total. The first-order valence-corrected chi connectivity index (χ1v) is 7.31. The average molecular weight is 334 g/mol. The molecule has 0 bridgehead atoms. The van der Waals surface area contributed by atoms with Crippen LogP contribution in [0.3, 0.4) is 0 Å². The summed E-state index contributed by atoms with van der Waals surface area (Å²) in [5.74, 6) is -0.933. The number of carboxylic acid groups (broad SMARTS) is 1. The van der Waals surface area contributed by atoms with Gasteiger partial charge in [-0.05, 0) is 61.9 Å². The van der Waals surface area contributed by atoms with Gasteiger partial charge in [-0.15, -0.1) is 0 Å². The predicted octanol–water partition coefficient (Wildman–Crippen LogP) is 3.75. The molecule has 0 radical (unpaired) electrons. The van der Waals surface area contributed by atoms with E-state index in [1.807, 2.05) is 6.92 Å². The Labute approximate surface area is 138 Å². The lowest BCUT2D eigenvalue weighted by Crippen LogP contribution is -2.22. The molecule has 0 aromatic heterocycles. The Morgan fingerprint density at radius 2 is 1.83 bits per heavy atom. The molecular weight excluding hydrogens is 318 g/mol. The average Bonchev–Trinajstić information content (AvgIpc) is 2.50. The van der Waals surface area contributed by atoms with Crippen LogP contribution in [0.15, 0.2) is 42.5 Å². The molecule has 2 aromatic carbocycles. The summed E-state index contributed by atoms with van der Waals surface area (Å²) in [6.07, 6.45) is -0.952. The minimum absolute atomic E-state index is 0.270. The van der Waals surface area contributed by atoms with E-state index in [1.165, 1.54) is 6.92 Å². The molecule has 2 N–H and O–H groups in total. The van der Waals surface area contributed by atoms with Gasteiger partial charge in [-0.25, -0.2) is 4.79 Å². The van der Waals surface area contributed by atoms with Gasteiger partial charge in [-0.2, -0.15) is 0 Å². The van der Waals surface area contributed by atoms with Crippen molar-refractivity contribution in [2.75, 3.05) is 5.32 Å². The number of hydrogen-bond donors (Lipinski definition) is 2. The van der Waals surface area contributed by atoms with Crippen LogP contribution in [0.5, 0.6) is 5.75 Å². The van der Waals surface area contributed by atoms with Crippen molar-refractivity contribution in [3.8, 4) is 5.75 Å². The molecule has 2 aromatic rings. The highest BCUT2D eigenvalue weighted by atomic mass is 35.5. The second-order valence-electron chi connectivity index (χ2n) is 5.04. The van der Waals surface area contributed by atoms with E-state index in [1.54, 1.807) is 42.5 Å². The monoisotopic (exact) mass is 333 g/mol. The molecule has 0 aliphatic rings. The number of amides is 1. The highest BCUT2D eigenvalue weighted by molar-refractivity contribution is 6.30. The van der Waals surface area contributed by atoms with E-state index in [0.717, 1.165) is 5.56 Å². The second kappa shape index (κ2) is 7.15. The summed E-state index contributed by atoms with van der Waals surface area (Å²) in [4.78, 5) is 23.0. The number of rotatable bonds is 5. The third-order valence-corrected chi connectivity index (χ3v) is 3.45. The fourth-order valence-electron chi connectivity index (χ4n) is 1.90. The highest BCUT2D eigenvalue weighted by Crippen LogP contribution is 2.21. The Morgan fingerprint density at radius 1 is 1.17 bits per heavy atom. The van der Waals surface area contributed by atoms with Crippen molar-refractivity contribution in [3.05, 3.63) is 58.6 Å². The zero-order chi connectivity index (χ0) is 17.0. The molecular formula is C17H16ClNO4. The van der Waals surface area contributed by atoms with Crippen LogP contribution in [0, 0.1) is 6.92 Å². The Balaban J connectivity index is 2.06. The van der Waals surface area contributed by atoms with Crippen LogP contribution in [-0.2, 0) is 4.79 Å². The first-order chi connectivity index (χ1) is 10.9. The molecule has 0 fully saturated rings. The normalized spacial score (nSPS) is 11.6. The molecule has 1 atom stereocenters. The SMILES string of the molecule is Cc1cc(Cl)ccc1NC(=O)c1ccc(O[C@@H](C)C(=O)O)cc1. The van der Waals surface area contributed by atoms with Gasteiger partial charge in [-0.3, -0.25) is 4.79 Å². The van der Waals surface area contributed by atoms with E-state index in [2.05, 4.69) is 5.32 Å². The molecule has 0 heterocycles.